The molecule has 1 aromatic rings. The Hall–Kier alpha value is -1.12. The zero-order valence-electron chi connectivity index (χ0n) is 10.3. The summed E-state index contributed by atoms with van der Waals surface area (Å²) < 4.78 is 0. The number of nitrogens with one attached hydrogen (secondary N) is 1. The van der Waals surface area contributed by atoms with Crippen molar-refractivity contribution in [3.63, 3.8) is 0 Å². The number of aliphatic hydroxyl groups is 1. The van der Waals surface area contributed by atoms with Crippen LogP contribution in [-0.2, 0) is 0 Å². The monoisotopic (exact) mass is 270 g/mol. The summed E-state index contributed by atoms with van der Waals surface area (Å²) in [6.45, 7) is 3.93. The minimum absolute atomic E-state index is 0.0458. The van der Waals surface area contributed by atoms with Crippen LogP contribution in [0, 0.1) is 0 Å². The highest BCUT2D eigenvalue weighted by Gasteiger charge is 2.18. The van der Waals surface area contributed by atoms with Gasteiger partial charge in [0.2, 0.25) is 11.9 Å². The van der Waals surface area contributed by atoms with Crippen LogP contribution < -0.4 is 16.2 Å². The van der Waals surface area contributed by atoms with Gasteiger partial charge < -0.3 is 10.0 Å². The topological polar surface area (TPSA) is 100 Å². The molecule has 1 aliphatic heterocycles. The molecule has 2 heterocycles. The van der Waals surface area contributed by atoms with Gasteiger partial charge in [0, 0.05) is 18.3 Å². The van der Waals surface area contributed by atoms with Crippen molar-refractivity contribution >= 4 is 23.7 Å². The molecule has 1 atom stereocenters. The predicted molar refractivity (Wildman–Crippen MR) is 71.5 cm³/mol. The fourth-order valence-corrected chi connectivity index (χ4v) is 2.45. The number of hydrogen-bond donors (Lipinski definition) is 3. The lowest BCUT2D eigenvalue weighted by Crippen LogP contribution is -2.23. The summed E-state index contributed by atoms with van der Waals surface area (Å²) >= 11 is 1.41. The fourth-order valence-electron chi connectivity index (χ4n) is 1.74. The van der Waals surface area contributed by atoms with Crippen LogP contribution in [0.4, 0.5) is 11.9 Å². The van der Waals surface area contributed by atoms with E-state index in [1.807, 2.05) is 6.92 Å². The van der Waals surface area contributed by atoms with Gasteiger partial charge in [0.15, 0.2) is 5.16 Å². The van der Waals surface area contributed by atoms with Gasteiger partial charge in [0.25, 0.3) is 0 Å². The molecule has 0 radical (unpaired) electrons. The molecule has 0 bridgehead atoms. The first-order valence-electron chi connectivity index (χ1n) is 5.98. The van der Waals surface area contributed by atoms with Crippen molar-refractivity contribution in [2.75, 3.05) is 30.0 Å². The maximum atomic E-state index is 9.06. The maximum Gasteiger partial charge on any atom is 0.242 e. The van der Waals surface area contributed by atoms with Crippen LogP contribution in [0.5, 0.6) is 0 Å². The second-order valence-corrected chi connectivity index (χ2v) is 5.60. The summed E-state index contributed by atoms with van der Waals surface area (Å²) in [5, 5.41) is 9.69. The third kappa shape index (κ3) is 3.21. The van der Waals surface area contributed by atoms with Gasteiger partial charge in [-0.2, -0.15) is 15.0 Å². The van der Waals surface area contributed by atoms with E-state index in [2.05, 4.69) is 25.3 Å². The van der Waals surface area contributed by atoms with Crippen molar-refractivity contribution in [1.82, 2.24) is 15.0 Å². The Morgan fingerprint density at radius 2 is 2.11 bits per heavy atom. The van der Waals surface area contributed by atoms with Gasteiger partial charge >= 0.3 is 0 Å². The third-order valence-electron chi connectivity index (χ3n) is 2.68. The first kappa shape index (κ1) is 13.3. The first-order valence-corrected chi connectivity index (χ1v) is 6.86. The number of nitrogen functional groups attached to an aromatic ring is 1. The van der Waals surface area contributed by atoms with Gasteiger partial charge in [0.05, 0.1) is 6.61 Å². The second kappa shape index (κ2) is 6.17. The molecule has 0 saturated carbocycles. The Kier molecular flexibility index (Phi) is 4.56. The van der Waals surface area contributed by atoms with E-state index in [4.69, 9.17) is 10.9 Å². The molecule has 0 spiro atoms. The molecule has 1 aromatic heterocycles. The van der Waals surface area contributed by atoms with Gasteiger partial charge in [-0.3, -0.25) is 5.43 Å². The minimum Gasteiger partial charge on any atom is -0.395 e. The number of nitrogens with two attached hydrogens (primary N) is 1. The summed E-state index contributed by atoms with van der Waals surface area (Å²) in [4.78, 5) is 15.0. The van der Waals surface area contributed by atoms with Gasteiger partial charge in [0.1, 0.15) is 0 Å². The Bertz CT molecular complexity index is 398. The van der Waals surface area contributed by atoms with E-state index < -0.39 is 0 Å². The zero-order chi connectivity index (χ0) is 13.0. The van der Waals surface area contributed by atoms with Crippen LogP contribution in [0.1, 0.15) is 19.8 Å². The lowest BCUT2D eigenvalue weighted by atomic mass is 10.4. The third-order valence-corrected chi connectivity index (χ3v) is 3.63. The van der Waals surface area contributed by atoms with Gasteiger partial charge in [-0.1, -0.05) is 18.7 Å². The van der Waals surface area contributed by atoms with Crippen LogP contribution in [-0.4, -0.2) is 45.0 Å². The average molecular weight is 270 g/mol. The Labute approximate surface area is 110 Å². The molecule has 7 nitrogen and oxygen atoms in total. The summed E-state index contributed by atoms with van der Waals surface area (Å²) in [6.07, 6.45) is 2.32. The highest BCUT2D eigenvalue weighted by molar-refractivity contribution is 7.99. The van der Waals surface area contributed by atoms with Crippen molar-refractivity contribution in [2.45, 2.75) is 30.2 Å². The van der Waals surface area contributed by atoms with Crippen molar-refractivity contribution in [3.8, 4) is 0 Å². The van der Waals surface area contributed by atoms with E-state index in [9.17, 15) is 0 Å². The highest BCUT2D eigenvalue weighted by Crippen LogP contribution is 2.23. The standard InChI is InChI=1S/C10H18N6OS/c1-7(6-17)18-10-13-8(15-11)12-9(14-10)16-4-2-3-5-16/h7,17H,2-6,11H2,1H3,(H,12,13,14,15). The summed E-state index contributed by atoms with van der Waals surface area (Å²) in [6, 6.07) is 0. The van der Waals surface area contributed by atoms with E-state index in [-0.39, 0.29) is 11.9 Å². The molecule has 2 rings (SSSR count). The second-order valence-electron chi connectivity index (χ2n) is 4.19. The van der Waals surface area contributed by atoms with E-state index in [1.165, 1.54) is 11.8 Å². The molecule has 0 aliphatic carbocycles. The van der Waals surface area contributed by atoms with E-state index in [0.717, 1.165) is 25.9 Å². The SMILES string of the molecule is CC(CO)Sc1nc(NN)nc(N2CCCC2)n1. The molecule has 1 fully saturated rings. The van der Waals surface area contributed by atoms with E-state index in [1.54, 1.807) is 0 Å². The summed E-state index contributed by atoms with van der Waals surface area (Å²) in [7, 11) is 0. The van der Waals surface area contributed by atoms with Crippen molar-refractivity contribution in [3.05, 3.63) is 0 Å². The van der Waals surface area contributed by atoms with E-state index in [0.29, 0.717) is 17.1 Å². The maximum absolute atomic E-state index is 9.06. The average Bonchev–Trinajstić information content (AvgIpc) is 2.92. The van der Waals surface area contributed by atoms with E-state index >= 15 is 0 Å². The molecule has 18 heavy (non-hydrogen) atoms. The zero-order valence-corrected chi connectivity index (χ0v) is 11.2. The van der Waals surface area contributed by atoms with Crippen molar-refractivity contribution < 1.29 is 5.11 Å². The predicted octanol–water partition coefficient (Wildman–Crippen LogP) is 0.230. The van der Waals surface area contributed by atoms with Crippen LogP contribution in [0.3, 0.4) is 0 Å². The molecule has 0 aromatic carbocycles. The fraction of sp³-hybridized carbons (Fsp3) is 0.700. The lowest BCUT2D eigenvalue weighted by Gasteiger charge is -2.16. The number of hydrazine groups is 1. The van der Waals surface area contributed by atoms with Crippen LogP contribution in [0.15, 0.2) is 5.16 Å². The largest absolute Gasteiger partial charge is 0.395 e. The number of nitrogens with zero attached hydrogens (tertiary/aromatic N) is 4. The number of anilines is 2. The molecule has 100 valence electrons. The summed E-state index contributed by atoms with van der Waals surface area (Å²) in [5.74, 6) is 6.39. The Morgan fingerprint density at radius 1 is 1.39 bits per heavy atom. The normalized spacial score (nSPS) is 16.9. The molecule has 8 heteroatoms. The minimum atomic E-state index is 0.0458. The highest BCUT2D eigenvalue weighted by atomic mass is 32.2. The number of rotatable bonds is 5. The Balaban J connectivity index is 2.20. The quantitative estimate of drug-likeness (QED) is 0.397. The number of aliphatic hydroxyl groups excluding tert-OH is 1. The van der Waals surface area contributed by atoms with Crippen molar-refractivity contribution in [1.29, 1.82) is 0 Å². The van der Waals surface area contributed by atoms with Crippen molar-refractivity contribution in [2.24, 2.45) is 5.84 Å². The summed E-state index contributed by atoms with van der Waals surface area (Å²) in [5.41, 5.74) is 2.46. The molecule has 1 saturated heterocycles. The number of hydrogen-bond acceptors (Lipinski definition) is 8. The van der Waals surface area contributed by atoms with Gasteiger partial charge in [-0.15, -0.1) is 0 Å². The molecular formula is C10H18N6OS. The molecular weight excluding hydrogens is 252 g/mol. The Morgan fingerprint density at radius 3 is 2.72 bits per heavy atom. The lowest BCUT2D eigenvalue weighted by molar-refractivity contribution is 0.300. The van der Waals surface area contributed by atoms with Crippen LogP contribution in [0.2, 0.25) is 0 Å². The first-order chi connectivity index (χ1) is 8.72. The molecule has 1 unspecified atom stereocenters. The number of aromatic nitrogens is 3. The van der Waals surface area contributed by atoms with Crippen LogP contribution >= 0.6 is 11.8 Å². The number of thioether (sulfide) groups is 1. The molecule has 0 amide bonds. The van der Waals surface area contributed by atoms with Gasteiger partial charge in [-0.05, 0) is 12.8 Å². The molecule has 1 aliphatic rings. The van der Waals surface area contributed by atoms with Gasteiger partial charge in [-0.25, -0.2) is 5.84 Å². The molecule has 4 N–H and O–H groups in total. The smallest absolute Gasteiger partial charge is 0.242 e. The van der Waals surface area contributed by atoms with Crippen LogP contribution in [0.25, 0.3) is 0 Å².